The van der Waals surface area contributed by atoms with E-state index in [1.807, 2.05) is 49.6 Å². The lowest BCUT2D eigenvalue weighted by atomic mass is 10.2. The predicted molar refractivity (Wildman–Crippen MR) is 67.8 cm³/mol. The fourth-order valence-corrected chi connectivity index (χ4v) is 2.02. The van der Waals surface area contributed by atoms with Crippen LogP contribution >= 0.6 is 0 Å². The van der Waals surface area contributed by atoms with Crippen molar-refractivity contribution in [2.75, 3.05) is 0 Å². The number of nitrogens with zero attached hydrogens (tertiary/aromatic N) is 3. The Morgan fingerprint density at radius 3 is 2.65 bits per heavy atom. The summed E-state index contributed by atoms with van der Waals surface area (Å²) in [5.74, 6) is 1.05. The molecule has 0 N–H and O–H groups in total. The van der Waals surface area contributed by atoms with Gasteiger partial charge in [0, 0.05) is 25.4 Å². The number of rotatable bonds is 2. The van der Waals surface area contributed by atoms with Crippen LogP contribution in [0.4, 0.5) is 0 Å². The van der Waals surface area contributed by atoms with Crippen LogP contribution in [0.25, 0.3) is 11.0 Å². The van der Waals surface area contributed by atoms with Crippen molar-refractivity contribution >= 4 is 11.0 Å². The third kappa shape index (κ3) is 1.80. The molecule has 0 aliphatic heterocycles. The van der Waals surface area contributed by atoms with Gasteiger partial charge in [0.2, 0.25) is 0 Å². The van der Waals surface area contributed by atoms with Crippen LogP contribution in [0.5, 0.6) is 0 Å². The second-order valence-corrected chi connectivity index (χ2v) is 4.07. The summed E-state index contributed by atoms with van der Waals surface area (Å²) in [4.78, 5) is 8.96. The van der Waals surface area contributed by atoms with Crippen molar-refractivity contribution in [1.29, 1.82) is 0 Å². The minimum absolute atomic E-state index is 0.770. The van der Waals surface area contributed by atoms with Gasteiger partial charge in [0.15, 0.2) is 0 Å². The Balaban J connectivity index is 2.04. The summed E-state index contributed by atoms with van der Waals surface area (Å²) in [6.45, 7) is 0. The SMILES string of the molecule is Cn1c(Cc2ccccn2)nc2ccccc21. The number of hydrogen-bond donors (Lipinski definition) is 0. The van der Waals surface area contributed by atoms with Gasteiger partial charge in [-0.05, 0) is 24.3 Å². The molecule has 0 atom stereocenters. The van der Waals surface area contributed by atoms with Gasteiger partial charge in [0.25, 0.3) is 0 Å². The van der Waals surface area contributed by atoms with Crippen molar-refractivity contribution in [3.8, 4) is 0 Å². The summed E-state index contributed by atoms with van der Waals surface area (Å²) in [6.07, 6.45) is 2.59. The zero-order chi connectivity index (χ0) is 11.7. The van der Waals surface area contributed by atoms with E-state index in [0.29, 0.717) is 0 Å². The first-order chi connectivity index (χ1) is 8.34. The molecule has 0 saturated carbocycles. The molecule has 84 valence electrons. The highest BCUT2D eigenvalue weighted by Gasteiger charge is 2.07. The van der Waals surface area contributed by atoms with Gasteiger partial charge in [-0.3, -0.25) is 4.98 Å². The molecule has 0 radical (unpaired) electrons. The molecule has 2 aromatic heterocycles. The summed E-state index contributed by atoms with van der Waals surface area (Å²) in [5.41, 5.74) is 3.25. The fraction of sp³-hybridized carbons (Fsp3) is 0.143. The van der Waals surface area contributed by atoms with Crippen LogP contribution in [0.1, 0.15) is 11.5 Å². The van der Waals surface area contributed by atoms with Crippen LogP contribution in [0, 0.1) is 0 Å². The van der Waals surface area contributed by atoms with Gasteiger partial charge in [0.1, 0.15) is 5.82 Å². The highest BCUT2D eigenvalue weighted by molar-refractivity contribution is 5.75. The van der Waals surface area contributed by atoms with Gasteiger partial charge < -0.3 is 4.57 Å². The second kappa shape index (κ2) is 4.01. The van der Waals surface area contributed by atoms with Crippen molar-refractivity contribution in [3.05, 3.63) is 60.2 Å². The number of para-hydroxylation sites is 2. The molecule has 0 amide bonds. The van der Waals surface area contributed by atoms with Gasteiger partial charge in [-0.15, -0.1) is 0 Å². The molecule has 0 bridgehead atoms. The van der Waals surface area contributed by atoms with E-state index in [2.05, 4.69) is 20.6 Å². The van der Waals surface area contributed by atoms with Crippen molar-refractivity contribution < 1.29 is 0 Å². The van der Waals surface area contributed by atoms with Crippen LogP contribution in [0.2, 0.25) is 0 Å². The quantitative estimate of drug-likeness (QED) is 0.668. The first kappa shape index (κ1) is 10.0. The summed E-state index contributed by atoms with van der Waals surface area (Å²) in [6, 6.07) is 14.1. The average molecular weight is 223 g/mol. The average Bonchev–Trinajstić information content (AvgIpc) is 2.68. The first-order valence-electron chi connectivity index (χ1n) is 5.65. The molecule has 3 nitrogen and oxygen atoms in total. The summed E-state index contributed by atoms with van der Waals surface area (Å²) < 4.78 is 2.13. The molecule has 0 aliphatic rings. The number of fused-ring (bicyclic) bond motifs is 1. The third-order valence-electron chi connectivity index (χ3n) is 2.95. The molecule has 1 aromatic carbocycles. The van der Waals surface area contributed by atoms with E-state index >= 15 is 0 Å². The molecule has 0 unspecified atom stereocenters. The van der Waals surface area contributed by atoms with Gasteiger partial charge in [-0.1, -0.05) is 18.2 Å². The first-order valence-corrected chi connectivity index (χ1v) is 5.65. The van der Waals surface area contributed by atoms with Crippen molar-refractivity contribution in [2.24, 2.45) is 7.05 Å². The molecule has 0 spiro atoms. The van der Waals surface area contributed by atoms with E-state index in [1.165, 1.54) is 5.52 Å². The van der Waals surface area contributed by atoms with Crippen LogP contribution < -0.4 is 0 Å². The number of pyridine rings is 1. The molecule has 3 aromatic rings. The topological polar surface area (TPSA) is 30.7 Å². The highest BCUT2D eigenvalue weighted by atomic mass is 15.1. The van der Waals surface area contributed by atoms with Crippen LogP contribution in [0.15, 0.2) is 48.7 Å². The van der Waals surface area contributed by atoms with Crippen LogP contribution in [-0.2, 0) is 13.5 Å². The van der Waals surface area contributed by atoms with Crippen molar-refractivity contribution in [1.82, 2.24) is 14.5 Å². The van der Waals surface area contributed by atoms with E-state index < -0.39 is 0 Å². The molecule has 0 saturated heterocycles. The van der Waals surface area contributed by atoms with Crippen molar-refractivity contribution in [2.45, 2.75) is 6.42 Å². The molecular formula is C14H13N3. The number of aromatic nitrogens is 3. The Morgan fingerprint density at radius 1 is 1.06 bits per heavy atom. The van der Waals surface area contributed by atoms with E-state index in [0.717, 1.165) is 23.5 Å². The lowest BCUT2D eigenvalue weighted by Gasteiger charge is -2.01. The molecule has 2 heterocycles. The van der Waals surface area contributed by atoms with Gasteiger partial charge in [0.05, 0.1) is 11.0 Å². The fourth-order valence-electron chi connectivity index (χ4n) is 2.02. The Hall–Kier alpha value is -2.16. The van der Waals surface area contributed by atoms with E-state index in [4.69, 9.17) is 0 Å². The van der Waals surface area contributed by atoms with E-state index in [1.54, 1.807) is 0 Å². The van der Waals surface area contributed by atoms with Crippen molar-refractivity contribution in [3.63, 3.8) is 0 Å². The maximum atomic E-state index is 4.63. The molecule has 3 heteroatoms. The molecule has 0 fully saturated rings. The number of hydrogen-bond acceptors (Lipinski definition) is 2. The molecule has 17 heavy (non-hydrogen) atoms. The van der Waals surface area contributed by atoms with Gasteiger partial charge >= 0.3 is 0 Å². The third-order valence-corrected chi connectivity index (χ3v) is 2.95. The molecular weight excluding hydrogens is 210 g/mol. The number of benzene rings is 1. The Labute approximate surface area is 99.8 Å². The Morgan fingerprint density at radius 2 is 1.88 bits per heavy atom. The molecule has 3 rings (SSSR count). The van der Waals surface area contributed by atoms with E-state index in [9.17, 15) is 0 Å². The Bertz CT molecular complexity index is 641. The summed E-state index contributed by atoms with van der Waals surface area (Å²) in [5, 5.41) is 0. The lowest BCUT2D eigenvalue weighted by Crippen LogP contribution is -2.00. The maximum absolute atomic E-state index is 4.63. The largest absolute Gasteiger partial charge is 0.331 e. The smallest absolute Gasteiger partial charge is 0.115 e. The van der Waals surface area contributed by atoms with E-state index in [-0.39, 0.29) is 0 Å². The van der Waals surface area contributed by atoms with Crippen LogP contribution in [-0.4, -0.2) is 14.5 Å². The highest BCUT2D eigenvalue weighted by Crippen LogP contribution is 2.15. The van der Waals surface area contributed by atoms with Crippen LogP contribution in [0.3, 0.4) is 0 Å². The van der Waals surface area contributed by atoms with Gasteiger partial charge in [-0.2, -0.15) is 0 Å². The minimum atomic E-state index is 0.770. The maximum Gasteiger partial charge on any atom is 0.115 e. The number of imidazole rings is 1. The Kier molecular flexibility index (Phi) is 2.37. The lowest BCUT2D eigenvalue weighted by molar-refractivity contribution is 0.832. The monoisotopic (exact) mass is 223 g/mol. The predicted octanol–water partition coefficient (Wildman–Crippen LogP) is 2.56. The normalized spacial score (nSPS) is 10.9. The standard InChI is InChI=1S/C14H13N3/c1-17-13-8-3-2-7-12(13)16-14(17)10-11-6-4-5-9-15-11/h2-9H,10H2,1H3. The summed E-state index contributed by atoms with van der Waals surface area (Å²) in [7, 11) is 2.05. The second-order valence-electron chi connectivity index (χ2n) is 4.07. The zero-order valence-corrected chi connectivity index (χ0v) is 9.67. The minimum Gasteiger partial charge on any atom is -0.331 e. The zero-order valence-electron chi connectivity index (χ0n) is 9.67. The molecule has 0 aliphatic carbocycles. The number of aryl methyl sites for hydroxylation is 1. The van der Waals surface area contributed by atoms with Gasteiger partial charge in [-0.25, -0.2) is 4.98 Å². The summed E-state index contributed by atoms with van der Waals surface area (Å²) >= 11 is 0.